The minimum absolute atomic E-state index is 0.310. The van der Waals surface area contributed by atoms with Gasteiger partial charge in [0.25, 0.3) is 0 Å². The maximum atomic E-state index is 6.31. The summed E-state index contributed by atoms with van der Waals surface area (Å²) in [5.41, 5.74) is 0. The molecule has 0 aliphatic rings. The Kier molecular flexibility index (Phi) is 7.12. The molecular weight excluding hydrogens is 224 g/mol. The molecule has 0 N–H and O–H groups in total. The zero-order valence-corrected chi connectivity index (χ0v) is 13.6. The van der Waals surface area contributed by atoms with E-state index in [2.05, 4.69) is 46.7 Å². The van der Waals surface area contributed by atoms with Gasteiger partial charge in [0.2, 0.25) is 0 Å². The second kappa shape index (κ2) is 7.23. The lowest BCUT2D eigenvalue weighted by molar-refractivity contribution is 0.185. The average molecular weight is 254 g/mol. The summed E-state index contributed by atoms with van der Waals surface area (Å²) in [4.78, 5) is 0. The number of hydrogen-bond donors (Lipinski definition) is 0. The van der Waals surface area contributed by atoms with Crippen molar-refractivity contribution in [2.45, 2.75) is 84.0 Å². The Morgan fingerprint density at radius 2 is 1.76 bits per heavy atom. The first-order valence-corrected chi connectivity index (χ1v) is 9.73. The minimum atomic E-state index is -1.58. The topological polar surface area (TPSA) is 9.23 Å². The summed E-state index contributed by atoms with van der Waals surface area (Å²) >= 11 is 0. The first kappa shape index (κ1) is 16.7. The predicted octanol–water partition coefficient (Wildman–Crippen LogP) is 4.98. The summed E-state index contributed by atoms with van der Waals surface area (Å²) in [7, 11) is -1.58. The van der Waals surface area contributed by atoms with Gasteiger partial charge in [-0.05, 0) is 37.9 Å². The summed E-state index contributed by atoms with van der Waals surface area (Å²) in [6.07, 6.45) is 11.3. The van der Waals surface area contributed by atoms with Crippen LogP contribution in [0.1, 0.15) is 59.8 Å². The Morgan fingerprint density at radius 3 is 2.24 bits per heavy atom. The van der Waals surface area contributed by atoms with Crippen molar-refractivity contribution in [3.8, 4) is 12.3 Å². The van der Waals surface area contributed by atoms with Crippen LogP contribution in [0.15, 0.2) is 0 Å². The van der Waals surface area contributed by atoms with Gasteiger partial charge >= 0.3 is 0 Å². The summed E-state index contributed by atoms with van der Waals surface area (Å²) in [5, 5.41) is 0.310. The Morgan fingerprint density at radius 1 is 1.18 bits per heavy atom. The van der Waals surface area contributed by atoms with Crippen molar-refractivity contribution < 1.29 is 4.43 Å². The normalized spacial score (nSPS) is 14.4. The average Bonchev–Trinajstić information content (AvgIpc) is 2.14. The molecule has 17 heavy (non-hydrogen) atoms. The van der Waals surface area contributed by atoms with Crippen LogP contribution in [0.5, 0.6) is 0 Å². The first-order valence-electron chi connectivity index (χ1n) is 6.82. The molecule has 0 amide bonds. The van der Waals surface area contributed by atoms with Gasteiger partial charge in [0, 0.05) is 12.5 Å². The third-order valence-electron chi connectivity index (χ3n) is 3.73. The third-order valence-corrected chi connectivity index (χ3v) is 8.34. The number of hydrogen-bond acceptors (Lipinski definition) is 1. The lowest BCUT2D eigenvalue weighted by Gasteiger charge is -2.38. The lowest BCUT2D eigenvalue weighted by Crippen LogP contribution is -2.43. The van der Waals surface area contributed by atoms with E-state index in [-0.39, 0.29) is 0 Å². The number of rotatable bonds is 7. The molecule has 1 atom stereocenters. The maximum Gasteiger partial charge on any atom is 0.192 e. The van der Waals surface area contributed by atoms with Crippen molar-refractivity contribution in [3.63, 3.8) is 0 Å². The van der Waals surface area contributed by atoms with E-state index in [1.54, 1.807) is 0 Å². The van der Waals surface area contributed by atoms with Crippen LogP contribution < -0.4 is 0 Å². The van der Waals surface area contributed by atoms with E-state index in [9.17, 15) is 0 Å². The Hall–Kier alpha value is -0.263. The zero-order chi connectivity index (χ0) is 13.5. The van der Waals surface area contributed by atoms with Gasteiger partial charge in [-0.1, -0.05) is 33.6 Å². The molecule has 0 bridgehead atoms. The van der Waals surface area contributed by atoms with E-state index in [0.29, 0.717) is 11.1 Å². The molecule has 0 unspecified atom stereocenters. The van der Waals surface area contributed by atoms with Gasteiger partial charge in [-0.3, -0.25) is 0 Å². The Balaban J connectivity index is 3.87. The minimum Gasteiger partial charge on any atom is -0.414 e. The third kappa shape index (κ3) is 6.91. The van der Waals surface area contributed by atoms with E-state index in [1.807, 2.05) is 0 Å². The van der Waals surface area contributed by atoms with Crippen LogP contribution >= 0.6 is 0 Å². The fourth-order valence-corrected chi connectivity index (χ4v) is 3.05. The van der Waals surface area contributed by atoms with Crippen molar-refractivity contribution in [1.29, 1.82) is 0 Å². The predicted molar refractivity (Wildman–Crippen MR) is 79.7 cm³/mol. The van der Waals surface area contributed by atoms with E-state index in [1.165, 1.54) is 12.8 Å². The van der Waals surface area contributed by atoms with Gasteiger partial charge in [0.15, 0.2) is 8.32 Å². The molecule has 0 aliphatic carbocycles. The highest BCUT2D eigenvalue weighted by molar-refractivity contribution is 6.74. The summed E-state index contributed by atoms with van der Waals surface area (Å²) < 4.78 is 6.31. The molecule has 0 rings (SSSR count). The molecule has 0 aromatic heterocycles. The zero-order valence-electron chi connectivity index (χ0n) is 12.6. The first-order chi connectivity index (χ1) is 7.70. The Bertz CT molecular complexity index is 245. The summed E-state index contributed by atoms with van der Waals surface area (Å²) in [6.45, 7) is 13.7. The van der Waals surface area contributed by atoms with Crippen LogP contribution in [0.4, 0.5) is 0 Å². The summed E-state index contributed by atoms with van der Waals surface area (Å²) in [5.74, 6) is 2.69. The van der Waals surface area contributed by atoms with Crippen LogP contribution in [0.25, 0.3) is 0 Å². The molecule has 0 aromatic carbocycles. The van der Waals surface area contributed by atoms with Gasteiger partial charge < -0.3 is 4.43 Å². The fraction of sp³-hybridized carbons (Fsp3) is 0.867. The van der Waals surface area contributed by atoms with Gasteiger partial charge in [-0.15, -0.1) is 12.3 Å². The second-order valence-corrected chi connectivity index (χ2v) is 11.2. The van der Waals surface area contributed by atoms with Crippen LogP contribution in [0, 0.1) is 12.3 Å². The van der Waals surface area contributed by atoms with Crippen LogP contribution in [0.3, 0.4) is 0 Å². The number of terminal acetylenes is 1. The molecule has 0 aromatic rings. The molecule has 0 aliphatic heterocycles. The van der Waals surface area contributed by atoms with E-state index >= 15 is 0 Å². The van der Waals surface area contributed by atoms with Gasteiger partial charge in [-0.25, -0.2) is 0 Å². The van der Waals surface area contributed by atoms with Crippen LogP contribution in [0.2, 0.25) is 18.1 Å². The molecule has 2 heteroatoms. The maximum absolute atomic E-state index is 6.31. The highest BCUT2D eigenvalue weighted by Crippen LogP contribution is 2.37. The molecule has 0 radical (unpaired) electrons. The SMILES string of the molecule is C#CCCCCC[C@@H](C)O[Si](C)(C)C(C)(C)C. The number of unbranched alkanes of at least 4 members (excludes halogenated alkanes) is 3. The highest BCUT2D eigenvalue weighted by atomic mass is 28.4. The quantitative estimate of drug-likeness (QED) is 0.354. The lowest BCUT2D eigenvalue weighted by atomic mass is 10.1. The molecule has 0 saturated heterocycles. The van der Waals surface area contributed by atoms with E-state index < -0.39 is 8.32 Å². The van der Waals surface area contributed by atoms with E-state index in [0.717, 1.165) is 19.3 Å². The smallest absolute Gasteiger partial charge is 0.192 e. The van der Waals surface area contributed by atoms with E-state index in [4.69, 9.17) is 10.8 Å². The van der Waals surface area contributed by atoms with Gasteiger partial charge in [0.1, 0.15) is 0 Å². The highest BCUT2D eigenvalue weighted by Gasteiger charge is 2.38. The van der Waals surface area contributed by atoms with Crippen LogP contribution in [-0.4, -0.2) is 14.4 Å². The molecule has 0 saturated carbocycles. The fourth-order valence-electron chi connectivity index (χ4n) is 1.57. The molecule has 1 nitrogen and oxygen atoms in total. The molecular formula is C15H30OSi. The Labute approximate surface area is 109 Å². The van der Waals surface area contributed by atoms with Gasteiger partial charge in [0.05, 0.1) is 0 Å². The molecule has 0 spiro atoms. The molecule has 0 heterocycles. The largest absolute Gasteiger partial charge is 0.414 e. The van der Waals surface area contributed by atoms with Crippen molar-refractivity contribution in [3.05, 3.63) is 0 Å². The standard InChI is InChI=1S/C15H30OSi/c1-8-9-10-11-12-13-14(2)16-17(6,7)15(3,4)5/h1,14H,9-13H2,2-7H3/t14-/m1/s1. The summed E-state index contributed by atoms with van der Waals surface area (Å²) in [6, 6.07) is 0. The van der Waals surface area contributed by atoms with Crippen LogP contribution in [-0.2, 0) is 4.43 Å². The molecule has 0 fully saturated rings. The van der Waals surface area contributed by atoms with Crippen molar-refractivity contribution >= 4 is 8.32 Å². The second-order valence-electron chi connectivity index (χ2n) is 6.49. The van der Waals surface area contributed by atoms with Crippen molar-refractivity contribution in [1.82, 2.24) is 0 Å². The van der Waals surface area contributed by atoms with Gasteiger partial charge in [-0.2, -0.15) is 0 Å². The molecule has 100 valence electrons. The van der Waals surface area contributed by atoms with Crippen molar-refractivity contribution in [2.24, 2.45) is 0 Å². The monoisotopic (exact) mass is 254 g/mol. The van der Waals surface area contributed by atoms with Crippen molar-refractivity contribution in [2.75, 3.05) is 0 Å².